The number of rotatable bonds is 2. The second-order valence-corrected chi connectivity index (χ2v) is 7.89. The Morgan fingerprint density at radius 2 is 2.06 bits per heavy atom. The van der Waals surface area contributed by atoms with Crippen molar-refractivity contribution in [3.05, 3.63) is 0 Å². The summed E-state index contributed by atoms with van der Waals surface area (Å²) < 4.78 is 22.3. The van der Waals surface area contributed by atoms with Gasteiger partial charge in [0.25, 0.3) is 0 Å². The fraction of sp³-hybridized carbons (Fsp3) is 0.909. The quantitative estimate of drug-likeness (QED) is 0.708. The van der Waals surface area contributed by atoms with Crippen molar-refractivity contribution in [2.24, 2.45) is 17.8 Å². The standard InChI is InChI=1S/C11H17NO4S/c1-17(15,16)5-9(13)12-4-7-2-6-3-8(7)10(12)11(6)14/h6-8,10-11,14H,2-5H2,1H3. The Labute approximate surface area is 101 Å². The number of fused-ring (bicyclic) bond motifs is 1. The van der Waals surface area contributed by atoms with Crippen LogP contribution in [0.5, 0.6) is 0 Å². The monoisotopic (exact) mass is 259 g/mol. The molecule has 6 heteroatoms. The van der Waals surface area contributed by atoms with Gasteiger partial charge in [0.05, 0.1) is 12.1 Å². The van der Waals surface area contributed by atoms with Crippen LogP contribution in [0.3, 0.4) is 0 Å². The highest BCUT2D eigenvalue weighted by atomic mass is 32.2. The molecule has 1 N–H and O–H groups in total. The second-order valence-electron chi connectivity index (χ2n) is 5.75. The van der Waals surface area contributed by atoms with Gasteiger partial charge in [-0.15, -0.1) is 0 Å². The van der Waals surface area contributed by atoms with Crippen LogP contribution in [0.25, 0.3) is 0 Å². The molecule has 0 radical (unpaired) electrons. The van der Waals surface area contributed by atoms with Gasteiger partial charge in [-0.2, -0.15) is 0 Å². The molecule has 1 amide bonds. The van der Waals surface area contributed by atoms with Crippen molar-refractivity contribution in [3.63, 3.8) is 0 Å². The maximum Gasteiger partial charge on any atom is 0.238 e. The van der Waals surface area contributed by atoms with Crippen molar-refractivity contribution >= 4 is 15.7 Å². The van der Waals surface area contributed by atoms with E-state index >= 15 is 0 Å². The van der Waals surface area contributed by atoms with Gasteiger partial charge in [0, 0.05) is 12.8 Å². The highest BCUT2D eigenvalue weighted by molar-refractivity contribution is 7.91. The van der Waals surface area contributed by atoms with E-state index in [4.69, 9.17) is 0 Å². The molecule has 3 rings (SSSR count). The average Bonchev–Trinajstić information content (AvgIpc) is 2.73. The summed E-state index contributed by atoms with van der Waals surface area (Å²) >= 11 is 0. The van der Waals surface area contributed by atoms with Crippen LogP contribution in [0.1, 0.15) is 12.8 Å². The third kappa shape index (κ3) is 1.69. The molecule has 3 aliphatic rings. The first-order valence-electron chi connectivity index (χ1n) is 6.02. The number of aliphatic hydroxyl groups is 1. The first-order valence-corrected chi connectivity index (χ1v) is 8.08. The second kappa shape index (κ2) is 3.45. The summed E-state index contributed by atoms with van der Waals surface area (Å²) in [4.78, 5) is 13.6. The number of nitrogens with zero attached hydrogens (tertiary/aromatic N) is 1. The Hall–Kier alpha value is -0.620. The highest BCUT2D eigenvalue weighted by Crippen LogP contribution is 2.54. The van der Waals surface area contributed by atoms with Crippen LogP contribution in [0.2, 0.25) is 0 Å². The molecule has 17 heavy (non-hydrogen) atoms. The van der Waals surface area contributed by atoms with Crippen molar-refractivity contribution in [2.45, 2.75) is 25.0 Å². The molecule has 1 aliphatic heterocycles. The third-order valence-corrected chi connectivity index (χ3v) is 5.33. The Morgan fingerprint density at radius 3 is 2.65 bits per heavy atom. The van der Waals surface area contributed by atoms with Crippen LogP contribution < -0.4 is 0 Å². The molecule has 3 fully saturated rings. The van der Waals surface area contributed by atoms with Gasteiger partial charge in [0.1, 0.15) is 5.75 Å². The first kappa shape index (κ1) is 11.5. The number of carbonyl (C=O) groups excluding carboxylic acids is 1. The Morgan fingerprint density at radius 1 is 1.35 bits per heavy atom. The van der Waals surface area contributed by atoms with E-state index in [1.54, 1.807) is 4.90 Å². The van der Waals surface area contributed by atoms with Gasteiger partial charge in [-0.3, -0.25) is 4.79 Å². The SMILES string of the molecule is CS(=O)(=O)CC(=O)N1CC2CC3CC2C1C3O. The predicted molar refractivity (Wildman–Crippen MR) is 60.9 cm³/mol. The minimum atomic E-state index is -3.28. The highest BCUT2D eigenvalue weighted by Gasteiger charge is 2.59. The van der Waals surface area contributed by atoms with Crippen molar-refractivity contribution in [2.75, 3.05) is 18.6 Å². The van der Waals surface area contributed by atoms with Gasteiger partial charge >= 0.3 is 0 Å². The lowest BCUT2D eigenvalue weighted by atomic mass is 9.88. The molecule has 0 aromatic carbocycles. The van der Waals surface area contributed by atoms with Crippen molar-refractivity contribution < 1.29 is 18.3 Å². The number of amides is 1. The molecular formula is C11H17NO4S. The lowest BCUT2D eigenvalue weighted by molar-refractivity contribution is -0.131. The molecule has 5 unspecified atom stereocenters. The molecule has 2 saturated carbocycles. The fourth-order valence-electron chi connectivity index (χ4n) is 4.01. The summed E-state index contributed by atoms with van der Waals surface area (Å²) in [6.45, 7) is 0.636. The number of aliphatic hydroxyl groups excluding tert-OH is 1. The average molecular weight is 259 g/mol. The molecule has 96 valence electrons. The minimum Gasteiger partial charge on any atom is -0.391 e. The fourth-order valence-corrected chi connectivity index (χ4v) is 4.62. The van der Waals surface area contributed by atoms with Gasteiger partial charge in [-0.25, -0.2) is 8.42 Å². The smallest absolute Gasteiger partial charge is 0.238 e. The maximum atomic E-state index is 11.9. The zero-order valence-corrected chi connectivity index (χ0v) is 10.6. The summed E-state index contributed by atoms with van der Waals surface area (Å²) in [6.07, 6.45) is 2.62. The number of likely N-dealkylation sites (tertiary alicyclic amines) is 1. The van der Waals surface area contributed by atoms with Gasteiger partial charge < -0.3 is 10.0 Å². The molecule has 5 nitrogen and oxygen atoms in total. The maximum absolute atomic E-state index is 11.9. The molecule has 5 atom stereocenters. The molecule has 0 spiro atoms. The Balaban J connectivity index is 1.80. The van der Waals surface area contributed by atoms with E-state index in [9.17, 15) is 18.3 Å². The lowest BCUT2D eigenvalue weighted by Crippen LogP contribution is -2.45. The van der Waals surface area contributed by atoms with Crippen LogP contribution in [0.4, 0.5) is 0 Å². The van der Waals surface area contributed by atoms with Crippen molar-refractivity contribution in [3.8, 4) is 0 Å². The van der Waals surface area contributed by atoms with E-state index in [1.807, 2.05) is 0 Å². The summed E-state index contributed by atoms with van der Waals surface area (Å²) in [5.41, 5.74) is 0. The topological polar surface area (TPSA) is 74.7 Å². The Kier molecular flexibility index (Phi) is 2.32. The van der Waals surface area contributed by atoms with Crippen LogP contribution >= 0.6 is 0 Å². The molecule has 1 saturated heterocycles. The normalized spacial score (nSPS) is 43.4. The number of carbonyl (C=O) groups is 1. The summed E-state index contributed by atoms with van der Waals surface area (Å²) in [7, 11) is -3.28. The number of hydrogen-bond acceptors (Lipinski definition) is 4. The largest absolute Gasteiger partial charge is 0.391 e. The molecular weight excluding hydrogens is 242 g/mol. The minimum absolute atomic E-state index is 0.118. The summed E-state index contributed by atoms with van der Waals surface area (Å²) in [6, 6.07) is -0.118. The van der Waals surface area contributed by atoms with E-state index in [0.29, 0.717) is 24.3 Å². The summed E-state index contributed by atoms with van der Waals surface area (Å²) in [5.74, 6) is 0.438. The molecule has 2 aliphatic carbocycles. The molecule has 2 bridgehead atoms. The van der Waals surface area contributed by atoms with Crippen LogP contribution in [0.15, 0.2) is 0 Å². The van der Waals surface area contributed by atoms with E-state index in [0.717, 1.165) is 19.1 Å². The zero-order valence-electron chi connectivity index (χ0n) is 9.74. The predicted octanol–water partition coefficient (Wildman–Crippen LogP) is -0.741. The number of sulfone groups is 1. The van der Waals surface area contributed by atoms with E-state index in [2.05, 4.69) is 0 Å². The van der Waals surface area contributed by atoms with E-state index < -0.39 is 21.7 Å². The Bertz CT molecular complexity index is 458. The molecule has 0 aromatic rings. The van der Waals surface area contributed by atoms with Gasteiger partial charge in [0.15, 0.2) is 9.84 Å². The van der Waals surface area contributed by atoms with Gasteiger partial charge in [0.2, 0.25) is 5.91 Å². The summed E-state index contributed by atoms with van der Waals surface area (Å²) in [5, 5.41) is 10.1. The van der Waals surface area contributed by atoms with Crippen LogP contribution in [-0.4, -0.2) is 55.0 Å². The van der Waals surface area contributed by atoms with E-state index in [1.165, 1.54) is 0 Å². The molecule has 0 aromatic heterocycles. The van der Waals surface area contributed by atoms with Gasteiger partial charge in [-0.05, 0) is 30.6 Å². The zero-order chi connectivity index (χ0) is 12.4. The van der Waals surface area contributed by atoms with Crippen molar-refractivity contribution in [1.29, 1.82) is 0 Å². The van der Waals surface area contributed by atoms with Crippen LogP contribution in [-0.2, 0) is 14.6 Å². The van der Waals surface area contributed by atoms with Crippen molar-refractivity contribution in [1.82, 2.24) is 4.90 Å². The molecule has 1 heterocycles. The van der Waals surface area contributed by atoms with Crippen LogP contribution in [0, 0.1) is 17.8 Å². The third-order valence-electron chi connectivity index (χ3n) is 4.55. The number of hydrogen-bond donors (Lipinski definition) is 1. The van der Waals surface area contributed by atoms with Gasteiger partial charge in [-0.1, -0.05) is 0 Å². The lowest BCUT2D eigenvalue weighted by Gasteiger charge is -2.28. The first-order chi connectivity index (χ1) is 7.87. The van der Waals surface area contributed by atoms with E-state index in [-0.39, 0.29) is 11.9 Å².